The van der Waals surface area contributed by atoms with Crippen molar-refractivity contribution in [1.29, 1.82) is 0 Å². The van der Waals surface area contributed by atoms with E-state index in [1.807, 2.05) is 0 Å². The molecule has 0 spiro atoms. The third-order valence-corrected chi connectivity index (χ3v) is 4.24. The fourth-order valence-electron chi connectivity index (χ4n) is 1.88. The molecule has 1 heterocycles. The maximum atomic E-state index is 11.4. The van der Waals surface area contributed by atoms with Crippen LogP contribution in [0.15, 0.2) is 29.2 Å². The minimum absolute atomic E-state index is 0.0126. The summed E-state index contributed by atoms with van der Waals surface area (Å²) in [5, 5.41) is 0. The SMILES string of the molecule is O=S(=O)(Cl)c1ccccc1OCCN1CCOCC1. The van der Waals surface area contributed by atoms with Crippen LogP contribution in [0.1, 0.15) is 0 Å². The number of morpholine rings is 1. The number of hydrogen-bond donors (Lipinski definition) is 0. The van der Waals surface area contributed by atoms with Gasteiger partial charge in [-0.25, -0.2) is 8.42 Å². The lowest BCUT2D eigenvalue weighted by atomic mass is 10.3. The average Bonchev–Trinajstić information content (AvgIpc) is 2.39. The summed E-state index contributed by atoms with van der Waals surface area (Å²) >= 11 is 0. The summed E-state index contributed by atoms with van der Waals surface area (Å²) in [4.78, 5) is 2.22. The molecule has 0 unspecified atom stereocenters. The van der Waals surface area contributed by atoms with Crippen molar-refractivity contribution in [3.8, 4) is 5.75 Å². The van der Waals surface area contributed by atoms with Crippen LogP contribution in [-0.2, 0) is 13.8 Å². The fraction of sp³-hybridized carbons (Fsp3) is 0.500. The first-order valence-corrected chi connectivity index (χ1v) is 8.35. The first-order chi connectivity index (χ1) is 9.07. The molecule has 1 aromatic carbocycles. The predicted molar refractivity (Wildman–Crippen MR) is 72.2 cm³/mol. The Morgan fingerprint density at radius 1 is 1.26 bits per heavy atom. The van der Waals surface area contributed by atoms with Gasteiger partial charge in [-0.15, -0.1) is 0 Å². The van der Waals surface area contributed by atoms with Crippen LogP contribution in [0.25, 0.3) is 0 Å². The van der Waals surface area contributed by atoms with E-state index in [4.69, 9.17) is 20.2 Å². The van der Waals surface area contributed by atoms with E-state index in [9.17, 15) is 8.42 Å². The lowest BCUT2D eigenvalue weighted by molar-refractivity contribution is 0.0321. The molecule has 0 radical (unpaired) electrons. The highest BCUT2D eigenvalue weighted by molar-refractivity contribution is 8.13. The number of nitrogens with zero attached hydrogens (tertiary/aromatic N) is 1. The van der Waals surface area contributed by atoms with Gasteiger partial charge in [0.25, 0.3) is 9.05 Å². The molecular formula is C12H16ClNO4S. The van der Waals surface area contributed by atoms with E-state index in [1.165, 1.54) is 6.07 Å². The van der Waals surface area contributed by atoms with Gasteiger partial charge < -0.3 is 9.47 Å². The third kappa shape index (κ3) is 4.35. The van der Waals surface area contributed by atoms with Crippen molar-refractivity contribution < 1.29 is 17.9 Å². The molecule has 1 fully saturated rings. The summed E-state index contributed by atoms with van der Waals surface area (Å²) in [5.41, 5.74) is 0. The highest BCUT2D eigenvalue weighted by Crippen LogP contribution is 2.26. The van der Waals surface area contributed by atoms with Crippen molar-refractivity contribution in [3.05, 3.63) is 24.3 Å². The second-order valence-electron chi connectivity index (χ2n) is 4.19. The lowest BCUT2D eigenvalue weighted by Crippen LogP contribution is -2.38. The number of hydrogen-bond acceptors (Lipinski definition) is 5. The molecule has 106 valence electrons. The molecular weight excluding hydrogens is 290 g/mol. The first-order valence-electron chi connectivity index (χ1n) is 6.04. The van der Waals surface area contributed by atoms with Gasteiger partial charge in [0.1, 0.15) is 17.3 Å². The van der Waals surface area contributed by atoms with Crippen molar-refractivity contribution in [3.63, 3.8) is 0 Å². The molecule has 1 aliphatic heterocycles. The Labute approximate surface area is 117 Å². The Bertz CT molecular complexity index is 514. The van der Waals surface area contributed by atoms with Crippen LogP contribution >= 0.6 is 10.7 Å². The second kappa shape index (κ2) is 6.56. The van der Waals surface area contributed by atoms with Gasteiger partial charge in [0, 0.05) is 30.3 Å². The molecule has 0 aromatic heterocycles. The van der Waals surface area contributed by atoms with E-state index in [-0.39, 0.29) is 4.90 Å². The van der Waals surface area contributed by atoms with Gasteiger partial charge in [-0.1, -0.05) is 12.1 Å². The molecule has 2 rings (SSSR count). The zero-order valence-electron chi connectivity index (χ0n) is 10.4. The lowest BCUT2D eigenvalue weighted by Gasteiger charge is -2.26. The Morgan fingerprint density at radius 3 is 2.63 bits per heavy atom. The summed E-state index contributed by atoms with van der Waals surface area (Å²) in [6, 6.07) is 6.38. The number of rotatable bonds is 5. The zero-order valence-corrected chi connectivity index (χ0v) is 12.0. The maximum Gasteiger partial charge on any atom is 0.264 e. The topological polar surface area (TPSA) is 55.8 Å². The molecule has 0 aliphatic carbocycles. The van der Waals surface area contributed by atoms with Crippen LogP contribution in [0.3, 0.4) is 0 Å². The van der Waals surface area contributed by atoms with Crippen LogP contribution in [-0.4, -0.2) is 52.8 Å². The van der Waals surface area contributed by atoms with E-state index >= 15 is 0 Å². The fourth-order valence-corrected chi connectivity index (χ4v) is 2.87. The Kier molecular flexibility index (Phi) is 5.04. The van der Waals surface area contributed by atoms with Crippen LogP contribution in [0, 0.1) is 0 Å². The van der Waals surface area contributed by atoms with Gasteiger partial charge in [0.15, 0.2) is 0 Å². The first kappa shape index (κ1) is 14.6. The average molecular weight is 306 g/mol. The minimum atomic E-state index is -3.78. The van der Waals surface area contributed by atoms with Crippen molar-refractivity contribution >= 4 is 19.7 Å². The van der Waals surface area contributed by atoms with Crippen LogP contribution in [0.4, 0.5) is 0 Å². The van der Waals surface area contributed by atoms with Gasteiger partial charge in [-0.3, -0.25) is 4.90 Å². The smallest absolute Gasteiger partial charge is 0.264 e. The van der Waals surface area contributed by atoms with E-state index in [2.05, 4.69) is 4.90 Å². The van der Waals surface area contributed by atoms with Gasteiger partial charge in [0.05, 0.1) is 13.2 Å². The van der Waals surface area contributed by atoms with Crippen LogP contribution < -0.4 is 4.74 Å². The molecule has 0 saturated carbocycles. The molecule has 0 N–H and O–H groups in total. The number of para-hydroxylation sites is 1. The van der Waals surface area contributed by atoms with Gasteiger partial charge in [-0.05, 0) is 12.1 Å². The highest BCUT2D eigenvalue weighted by Gasteiger charge is 2.16. The van der Waals surface area contributed by atoms with Crippen molar-refractivity contribution in [2.24, 2.45) is 0 Å². The van der Waals surface area contributed by atoms with Gasteiger partial charge >= 0.3 is 0 Å². The molecule has 5 nitrogen and oxygen atoms in total. The minimum Gasteiger partial charge on any atom is -0.491 e. The van der Waals surface area contributed by atoms with Gasteiger partial charge in [0.2, 0.25) is 0 Å². The Balaban J connectivity index is 1.92. The van der Waals surface area contributed by atoms with Crippen molar-refractivity contribution in [2.75, 3.05) is 39.5 Å². The summed E-state index contributed by atoms with van der Waals surface area (Å²) in [7, 11) is 1.58. The molecule has 1 aliphatic rings. The zero-order chi connectivity index (χ0) is 13.7. The Hall–Kier alpha value is -0.820. The summed E-state index contributed by atoms with van der Waals surface area (Å²) in [5.74, 6) is 0.297. The molecule has 19 heavy (non-hydrogen) atoms. The number of ether oxygens (including phenoxy) is 2. The molecule has 1 aromatic rings. The standard InChI is InChI=1S/C12H16ClNO4S/c13-19(15,16)12-4-2-1-3-11(12)18-10-7-14-5-8-17-9-6-14/h1-4H,5-10H2. The van der Waals surface area contributed by atoms with E-state index in [0.717, 1.165) is 32.8 Å². The predicted octanol–water partition coefficient (Wildman–Crippen LogP) is 1.33. The molecule has 7 heteroatoms. The largest absolute Gasteiger partial charge is 0.491 e. The Morgan fingerprint density at radius 2 is 1.95 bits per heavy atom. The summed E-state index contributed by atoms with van der Waals surface area (Å²) in [6.07, 6.45) is 0. The van der Waals surface area contributed by atoms with E-state index in [1.54, 1.807) is 18.2 Å². The molecule has 1 saturated heterocycles. The quantitative estimate of drug-likeness (QED) is 0.768. The number of halogens is 1. The third-order valence-electron chi connectivity index (χ3n) is 2.88. The van der Waals surface area contributed by atoms with Crippen LogP contribution in [0.5, 0.6) is 5.75 Å². The second-order valence-corrected chi connectivity index (χ2v) is 6.72. The van der Waals surface area contributed by atoms with Gasteiger partial charge in [-0.2, -0.15) is 0 Å². The normalized spacial score (nSPS) is 17.3. The van der Waals surface area contributed by atoms with Crippen molar-refractivity contribution in [1.82, 2.24) is 4.90 Å². The van der Waals surface area contributed by atoms with Crippen LogP contribution in [0.2, 0.25) is 0 Å². The number of benzene rings is 1. The maximum absolute atomic E-state index is 11.4. The van der Waals surface area contributed by atoms with E-state index in [0.29, 0.717) is 12.4 Å². The molecule has 0 bridgehead atoms. The van der Waals surface area contributed by atoms with E-state index < -0.39 is 9.05 Å². The summed E-state index contributed by atoms with van der Waals surface area (Å²) < 4.78 is 33.5. The molecule has 0 atom stereocenters. The summed E-state index contributed by atoms with van der Waals surface area (Å²) in [6.45, 7) is 4.36. The molecule has 0 amide bonds. The van der Waals surface area contributed by atoms with Crippen molar-refractivity contribution in [2.45, 2.75) is 4.90 Å². The highest BCUT2D eigenvalue weighted by atomic mass is 35.7. The monoisotopic (exact) mass is 305 g/mol.